The van der Waals surface area contributed by atoms with Crippen molar-refractivity contribution in [3.8, 4) is 11.5 Å². The van der Waals surface area contributed by atoms with Gasteiger partial charge in [-0.1, -0.05) is 24.4 Å². The Morgan fingerprint density at radius 2 is 1.81 bits per heavy atom. The van der Waals surface area contributed by atoms with Crippen LogP contribution >= 0.6 is 11.6 Å². The number of nitrogens with zero attached hydrogens (tertiary/aromatic N) is 1. The van der Waals surface area contributed by atoms with E-state index in [-0.39, 0.29) is 5.97 Å². The number of hydrogen-bond donors (Lipinski definition) is 0. The molecule has 0 bridgehead atoms. The van der Waals surface area contributed by atoms with Crippen molar-refractivity contribution in [2.24, 2.45) is 0 Å². The second kappa shape index (κ2) is 9.90. The summed E-state index contributed by atoms with van der Waals surface area (Å²) in [7, 11) is 1.37. The highest BCUT2D eigenvalue weighted by atomic mass is 35.5. The Morgan fingerprint density at radius 1 is 1.15 bits per heavy atom. The van der Waals surface area contributed by atoms with Crippen LogP contribution in [-0.2, 0) is 20.7 Å². The van der Waals surface area contributed by atoms with Gasteiger partial charge in [-0.25, -0.2) is 9.78 Å². The van der Waals surface area contributed by atoms with Gasteiger partial charge in [-0.2, -0.15) is 0 Å². The van der Waals surface area contributed by atoms with Gasteiger partial charge in [-0.05, 0) is 64.3 Å². The van der Waals surface area contributed by atoms with Gasteiger partial charge in [-0.15, -0.1) is 0 Å². The number of carbonyl (C=O) groups is 1. The molecule has 0 aliphatic rings. The topological polar surface area (TPSA) is 61.6 Å². The summed E-state index contributed by atoms with van der Waals surface area (Å²) < 4.78 is 16.1. The first-order valence-electron chi connectivity index (χ1n) is 9.28. The lowest BCUT2D eigenvalue weighted by atomic mass is 10.1. The second-order valence-electron chi connectivity index (χ2n) is 7.04. The molecule has 0 N–H and O–H groups in total. The first kappa shape index (κ1) is 21.5. The average molecular weight is 394 g/mol. The van der Waals surface area contributed by atoms with Gasteiger partial charge in [0.2, 0.25) is 5.89 Å². The van der Waals surface area contributed by atoms with Crippen LogP contribution < -0.4 is 0 Å². The van der Waals surface area contributed by atoms with Crippen LogP contribution in [0.2, 0.25) is 5.02 Å². The molecule has 0 aliphatic carbocycles. The number of methoxy groups -OCH3 is 1. The molecular weight excluding hydrogens is 366 g/mol. The van der Waals surface area contributed by atoms with Crippen LogP contribution in [0.5, 0.6) is 0 Å². The lowest BCUT2D eigenvalue weighted by molar-refractivity contribution is -0.165. The molecule has 0 radical (unpaired) electrons. The fourth-order valence-electron chi connectivity index (χ4n) is 2.76. The molecule has 0 aliphatic heterocycles. The third-order valence-corrected chi connectivity index (χ3v) is 4.68. The quantitative estimate of drug-likeness (QED) is 0.401. The maximum atomic E-state index is 11.5. The molecule has 0 saturated carbocycles. The van der Waals surface area contributed by atoms with Gasteiger partial charge in [0, 0.05) is 17.2 Å². The van der Waals surface area contributed by atoms with E-state index in [1.807, 2.05) is 31.2 Å². The van der Waals surface area contributed by atoms with Crippen LogP contribution in [0, 0.1) is 6.92 Å². The van der Waals surface area contributed by atoms with Crippen molar-refractivity contribution in [2.45, 2.75) is 58.5 Å². The normalized spacial score (nSPS) is 11.6. The maximum absolute atomic E-state index is 11.5. The molecular formula is C21H28ClNO4. The Balaban J connectivity index is 1.70. The monoisotopic (exact) mass is 393 g/mol. The molecule has 2 rings (SSSR count). The van der Waals surface area contributed by atoms with E-state index < -0.39 is 5.60 Å². The molecule has 5 nitrogen and oxygen atoms in total. The fraction of sp³-hybridized carbons (Fsp3) is 0.524. The zero-order chi connectivity index (χ0) is 19.9. The molecule has 1 heterocycles. The standard InChI is InChI=1S/C21H28ClNO4/c1-15-18(23-19(27-15)16-10-12-17(22)13-11-16)9-7-5-6-8-14-26-21(2,3)20(24)25-4/h10-13H,5-9,14H2,1-4H3. The number of hydrogen-bond acceptors (Lipinski definition) is 5. The molecule has 1 aromatic heterocycles. The third kappa shape index (κ3) is 6.36. The number of esters is 1. The fourth-order valence-corrected chi connectivity index (χ4v) is 2.88. The van der Waals surface area contributed by atoms with Crippen LogP contribution in [0.15, 0.2) is 28.7 Å². The molecule has 0 fully saturated rings. The smallest absolute Gasteiger partial charge is 0.337 e. The Hall–Kier alpha value is -1.85. The molecule has 0 amide bonds. The van der Waals surface area contributed by atoms with Crippen molar-refractivity contribution in [3.63, 3.8) is 0 Å². The van der Waals surface area contributed by atoms with Crippen molar-refractivity contribution < 1.29 is 18.7 Å². The highest BCUT2D eigenvalue weighted by molar-refractivity contribution is 6.30. The predicted molar refractivity (Wildman–Crippen MR) is 106 cm³/mol. The number of unbranched alkanes of at least 4 members (excludes halogenated alkanes) is 3. The van der Waals surface area contributed by atoms with E-state index in [1.54, 1.807) is 13.8 Å². The van der Waals surface area contributed by atoms with Crippen molar-refractivity contribution in [1.82, 2.24) is 4.98 Å². The summed E-state index contributed by atoms with van der Waals surface area (Å²) in [6.45, 7) is 5.95. The second-order valence-corrected chi connectivity index (χ2v) is 7.48. The molecule has 0 atom stereocenters. The number of carbonyl (C=O) groups excluding carboxylic acids is 1. The van der Waals surface area contributed by atoms with E-state index in [4.69, 9.17) is 25.5 Å². The molecule has 1 aromatic carbocycles. The largest absolute Gasteiger partial charge is 0.467 e. The van der Waals surface area contributed by atoms with Crippen LogP contribution in [0.1, 0.15) is 51.0 Å². The zero-order valence-electron chi connectivity index (χ0n) is 16.5. The minimum Gasteiger partial charge on any atom is -0.467 e. The highest BCUT2D eigenvalue weighted by Crippen LogP contribution is 2.24. The third-order valence-electron chi connectivity index (χ3n) is 4.43. The van der Waals surface area contributed by atoms with Gasteiger partial charge >= 0.3 is 5.97 Å². The summed E-state index contributed by atoms with van der Waals surface area (Å²) in [5.41, 5.74) is 1.05. The van der Waals surface area contributed by atoms with Crippen LogP contribution in [0.4, 0.5) is 0 Å². The van der Waals surface area contributed by atoms with E-state index in [2.05, 4.69) is 4.98 Å². The van der Waals surface area contributed by atoms with Gasteiger partial charge in [0.25, 0.3) is 0 Å². The lowest BCUT2D eigenvalue weighted by Crippen LogP contribution is -2.36. The van der Waals surface area contributed by atoms with E-state index >= 15 is 0 Å². The molecule has 148 valence electrons. The Bertz CT molecular complexity index is 737. The molecule has 27 heavy (non-hydrogen) atoms. The number of aromatic nitrogens is 1. The number of halogens is 1. The lowest BCUT2D eigenvalue weighted by Gasteiger charge is -2.22. The number of rotatable bonds is 10. The van der Waals surface area contributed by atoms with Gasteiger partial charge in [0.15, 0.2) is 5.60 Å². The van der Waals surface area contributed by atoms with Crippen molar-refractivity contribution in [2.75, 3.05) is 13.7 Å². The van der Waals surface area contributed by atoms with E-state index in [1.165, 1.54) is 7.11 Å². The molecule has 0 saturated heterocycles. The summed E-state index contributed by atoms with van der Waals surface area (Å²) >= 11 is 5.92. The SMILES string of the molecule is COC(=O)C(C)(C)OCCCCCCc1nc(-c2ccc(Cl)cc2)oc1C. The van der Waals surface area contributed by atoms with E-state index in [0.29, 0.717) is 17.5 Å². The number of aryl methyl sites for hydroxylation is 2. The summed E-state index contributed by atoms with van der Waals surface area (Å²) in [4.78, 5) is 16.2. The van der Waals surface area contributed by atoms with Crippen LogP contribution in [-0.4, -0.2) is 30.3 Å². The van der Waals surface area contributed by atoms with Gasteiger partial charge < -0.3 is 13.9 Å². The average Bonchev–Trinajstić information content (AvgIpc) is 3.01. The Kier molecular flexibility index (Phi) is 7.87. The number of ether oxygens (including phenoxy) is 2. The first-order valence-corrected chi connectivity index (χ1v) is 9.66. The first-order chi connectivity index (χ1) is 12.8. The van der Waals surface area contributed by atoms with Crippen molar-refractivity contribution >= 4 is 17.6 Å². The maximum Gasteiger partial charge on any atom is 0.337 e. The molecule has 2 aromatic rings. The summed E-state index contributed by atoms with van der Waals surface area (Å²) in [5, 5.41) is 0.696. The molecule has 0 spiro atoms. The Morgan fingerprint density at radius 3 is 2.48 bits per heavy atom. The van der Waals surface area contributed by atoms with Gasteiger partial charge in [0.1, 0.15) is 5.76 Å². The van der Waals surface area contributed by atoms with Crippen LogP contribution in [0.3, 0.4) is 0 Å². The highest BCUT2D eigenvalue weighted by Gasteiger charge is 2.29. The minimum atomic E-state index is -0.884. The van der Waals surface area contributed by atoms with E-state index in [0.717, 1.165) is 49.1 Å². The predicted octanol–water partition coefficient (Wildman–Crippen LogP) is 5.37. The number of benzene rings is 1. The summed E-state index contributed by atoms with van der Waals surface area (Å²) in [6.07, 6.45) is 4.95. The summed E-state index contributed by atoms with van der Waals surface area (Å²) in [6, 6.07) is 7.49. The molecule has 0 unspecified atom stereocenters. The van der Waals surface area contributed by atoms with E-state index in [9.17, 15) is 4.79 Å². The van der Waals surface area contributed by atoms with Crippen LogP contribution in [0.25, 0.3) is 11.5 Å². The minimum absolute atomic E-state index is 0.347. The zero-order valence-corrected chi connectivity index (χ0v) is 17.3. The van der Waals surface area contributed by atoms with Crippen molar-refractivity contribution in [3.05, 3.63) is 40.7 Å². The summed E-state index contributed by atoms with van der Waals surface area (Å²) in [5.74, 6) is 1.15. The van der Waals surface area contributed by atoms with Gasteiger partial charge in [-0.3, -0.25) is 0 Å². The number of oxazole rings is 1. The van der Waals surface area contributed by atoms with Gasteiger partial charge in [0.05, 0.1) is 12.8 Å². The Labute approximate surface area is 166 Å². The molecule has 6 heteroatoms. The van der Waals surface area contributed by atoms with Crippen molar-refractivity contribution in [1.29, 1.82) is 0 Å².